The second-order valence-electron chi connectivity index (χ2n) is 7.18. The molecule has 0 aliphatic rings. The molecule has 3 N–H and O–H groups in total. The molecular weight excluding hydrogens is 558 g/mol. The van der Waals surface area contributed by atoms with Crippen molar-refractivity contribution in [1.29, 1.82) is 0 Å². The third kappa shape index (κ3) is 14.5. The number of hydrogen-bond donors (Lipinski definition) is 3. The summed E-state index contributed by atoms with van der Waals surface area (Å²) in [5.74, 6) is -1.15. The maximum Gasteiger partial charge on any atom is 1.00 e. The Balaban J connectivity index is 0.00000612. The fourth-order valence-corrected chi connectivity index (χ4v) is 4.20. The van der Waals surface area contributed by atoms with Crippen LogP contribution in [0.25, 0.3) is 0 Å². The number of hydrogen-bond acceptors (Lipinski definition) is 13. The molecule has 1 aromatic heterocycles. The predicted molar refractivity (Wildman–Crippen MR) is 121 cm³/mol. The van der Waals surface area contributed by atoms with Crippen LogP contribution in [0, 0.1) is 0 Å². The number of sulfonamides is 1. The number of benzene rings is 1. The summed E-state index contributed by atoms with van der Waals surface area (Å²) >= 11 is 0. The molecule has 14 nitrogen and oxygen atoms in total. The zero-order valence-corrected chi connectivity index (χ0v) is 26.5. The van der Waals surface area contributed by atoms with Crippen molar-refractivity contribution in [3.05, 3.63) is 30.1 Å². The molecule has 0 unspecified atom stereocenters. The van der Waals surface area contributed by atoms with Gasteiger partial charge in [0.25, 0.3) is 0 Å². The van der Waals surface area contributed by atoms with Crippen LogP contribution < -0.4 is 74.5 Å². The monoisotopic (exact) mass is 582 g/mol. The van der Waals surface area contributed by atoms with E-state index in [1.165, 1.54) is 18.2 Å². The molecule has 0 aliphatic heterocycles. The molecule has 2 aromatic rings. The van der Waals surface area contributed by atoms with Gasteiger partial charge in [-0.05, 0) is 25.0 Å². The molecule has 0 amide bonds. The van der Waals surface area contributed by atoms with Gasteiger partial charge in [0.2, 0.25) is 21.9 Å². The summed E-state index contributed by atoms with van der Waals surface area (Å²) < 4.78 is 91.7. The van der Waals surface area contributed by atoms with Gasteiger partial charge < -0.3 is 19.7 Å². The van der Waals surface area contributed by atoms with Crippen molar-refractivity contribution in [2.75, 3.05) is 29.3 Å². The van der Waals surface area contributed by atoms with Gasteiger partial charge in [-0.15, -0.1) is 0 Å². The molecule has 0 fully saturated rings. The Morgan fingerprint density at radius 1 is 0.833 bits per heavy atom. The quantitative estimate of drug-likeness (QED) is 0.107. The third-order valence-corrected chi connectivity index (χ3v) is 6.30. The van der Waals surface area contributed by atoms with Crippen LogP contribution in [0.1, 0.15) is 31.5 Å². The van der Waals surface area contributed by atoms with Crippen LogP contribution in [-0.4, -0.2) is 68.0 Å². The van der Waals surface area contributed by atoms with Gasteiger partial charge in [0.1, 0.15) is 31.9 Å². The fourth-order valence-electron chi connectivity index (χ4n) is 2.75. The number of nitrogens with zero attached hydrogens (tertiary/aromatic N) is 3. The Morgan fingerprint density at radius 3 is 2.06 bits per heavy atom. The van der Waals surface area contributed by atoms with Crippen molar-refractivity contribution in [3.8, 4) is 0 Å². The smallest absolute Gasteiger partial charge is 0.747 e. The first-order valence-electron chi connectivity index (χ1n) is 9.92. The minimum absolute atomic E-state index is 0. The van der Waals surface area contributed by atoms with Gasteiger partial charge in [-0.1, -0.05) is 25.0 Å². The van der Waals surface area contributed by atoms with Crippen molar-refractivity contribution in [3.63, 3.8) is 0 Å². The van der Waals surface area contributed by atoms with Gasteiger partial charge in [0, 0.05) is 13.0 Å². The van der Waals surface area contributed by atoms with Crippen LogP contribution in [-0.2, 0) is 36.7 Å². The van der Waals surface area contributed by atoms with Crippen LogP contribution in [0.15, 0.2) is 29.2 Å². The topological polar surface area (TPSA) is 223 Å². The number of anilines is 3. The molecular formula is C17H24N6Na2O8S3. The number of rotatable bonds is 14. The van der Waals surface area contributed by atoms with E-state index in [9.17, 15) is 34.4 Å². The number of aryl methyl sites for hydroxylation is 1. The van der Waals surface area contributed by atoms with E-state index in [1.54, 1.807) is 0 Å². The Labute approximate surface area is 255 Å². The number of aromatic nitrogens is 3. The van der Waals surface area contributed by atoms with Gasteiger partial charge in [0.05, 0.1) is 16.8 Å². The van der Waals surface area contributed by atoms with Crippen LogP contribution >= 0.6 is 0 Å². The number of unbranched alkanes of at least 4 members (excludes halogenated alkanes) is 3. The molecule has 190 valence electrons. The molecule has 0 radical (unpaired) electrons. The summed E-state index contributed by atoms with van der Waals surface area (Å²) in [6.07, 6.45) is 4.09. The van der Waals surface area contributed by atoms with Crippen LogP contribution in [0.5, 0.6) is 0 Å². The van der Waals surface area contributed by atoms with Crippen molar-refractivity contribution in [2.45, 2.75) is 37.0 Å². The molecule has 0 bridgehead atoms. The molecule has 1 heterocycles. The predicted octanol–water partition coefficient (Wildman–Crippen LogP) is -5.91. The van der Waals surface area contributed by atoms with E-state index in [1.807, 2.05) is 0 Å². The van der Waals surface area contributed by atoms with Crippen LogP contribution in [0.2, 0.25) is 0 Å². The summed E-state index contributed by atoms with van der Waals surface area (Å²) in [5, 5.41) is 4.90. The number of para-hydroxylation sites is 1. The fraction of sp³-hybridized carbons (Fsp3) is 0.471. The molecule has 0 atom stereocenters. The zero-order chi connectivity index (χ0) is 25.4. The van der Waals surface area contributed by atoms with E-state index in [4.69, 9.17) is 0 Å². The maximum atomic E-state index is 11.5. The van der Waals surface area contributed by atoms with E-state index in [2.05, 4.69) is 30.3 Å². The normalized spacial score (nSPS) is 11.8. The Morgan fingerprint density at radius 2 is 1.44 bits per heavy atom. The van der Waals surface area contributed by atoms with Crippen molar-refractivity contribution in [1.82, 2.24) is 19.7 Å². The second-order valence-corrected chi connectivity index (χ2v) is 11.8. The van der Waals surface area contributed by atoms with Crippen LogP contribution in [0.4, 0.5) is 17.6 Å². The SMILES string of the molecule is CS(=O)(=O)NCCCCCCc1nc(NCS(=O)(=O)[O-])nc(Nc2ccccc2S(=O)(=O)[O-])n1.[Na+].[Na+]. The maximum absolute atomic E-state index is 11.5. The van der Waals surface area contributed by atoms with Gasteiger partial charge in [-0.2, -0.15) is 15.0 Å². The standard InChI is InChI=1S/C17H26N6O8S3.2Na/c1-32(24,25)19-11-7-3-2-4-10-15-21-16(18-12-33(26,27)28)23-17(22-15)20-13-8-5-6-9-14(13)34(29,30)31;;/h5-6,8-9,19H,2-4,7,10-12H2,1H3,(H,26,27,28)(H,29,30,31)(H2,18,20,21,22,23);;/q;2*+1/p-2. The molecule has 0 saturated heterocycles. The van der Waals surface area contributed by atoms with E-state index >= 15 is 0 Å². The van der Waals surface area contributed by atoms with Gasteiger partial charge in [-0.3, -0.25) is 0 Å². The zero-order valence-electron chi connectivity index (χ0n) is 20.1. The first-order valence-corrected chi connectivity index (χ1v) is 14.8. The Kier molecular flexibility index (Phi) is 15.7. The second kappa shape index (κ2) is 15.8. The molecule has 19 heteroatoms. The van der Waals surface area contributed by atoms with Gasteiger partial charge in [-0.25, -0.2) is 30.0 Å². The minimum Gasteiger partial charge on any atom is -0.747 e. The molecule has 1 aromatic carbocycles. The first kappa shape index (κ1) is 35.6. The van der Waals surface area contributed by atoms with E-state index < -0.39 is 41.0 Å². The molecule has 36 heavy (non-hydrogen) atoms. The number of nitrogens with one attached hydrogen (secondary N) is 3. The van der Waals surface area contributed by atoms with Gasteiger partial charge in [0.15, 0.2) is 0 Å². The van der Waals surface area contributed by atoms with E-state index in [-0.39, 0.29) is 82.5 Å². The summed E-state index contributed by atoms with van der Waals surface area (Å²) in [6.45, 7) is 0.318. The molecule has 0 aliphatic carbocycles. The summed E-state index contributed by atoms with van der Waals surface area (Å²) in [6, 6.07) is 5.29. The Bertz CT molecular complexity index is 1310. The van der Waals surface area contributed by atoms with Crippen molar-refractivity contribution in [2.24, 2.45) is 0 Å². The molecule has 2 rings (SSSR count). The van der Waals surface area contributed by atoms with Crippen LogP contribution in [0.3, 0.4) is 0 Å². The van der Waals surface area contributed by atoms with Crippen molar-refractivity contribution < 1.29 is 93.5 Å². The summed E-state index contributed by atoms with van der Waals surface area (Å²) in [5.41, 5.74) is -0.0876. The van der Waals surface area contributed by atoms with Gasteiger partial charge >= 0.3 is 59.1 Å². The first-order chi connectivity index (χ1) is 15.7. The summed E-state index contributed by atoms with van der Waals surface area (Å²) in [7, 11) is -12.7. The van der Waals surface area contributed by atoms with E-state index in [0.717, 1.165) is 25.2 Å². The Hall–Kier alpha value is -0.440. The van der Waals surface area contributed by atoms with Crippen molar-refractivity contribution >= 4 is 47.8 Å². The molecule has 0 spiro atoms. The van der Waals surface area contributed by atoms with E-state index in [0.29, 0.717) is 25.8 Å². The summed E-state index contributed by atoms with van der Waals surface area (Å²) in [4.78, 5) is 11.6. The average molecular weight is 583 g/mol. The average Bonchev–Trinajstić information content (AvgIpc) is 2.70. The largest absolute Gasteiger partial charge is 1.00 e. The molecule has 0 saturated carbocycles. The minimum atomic E-state index is -4.80. The third-order valence-electron chi connectivity index (χ3n) is 4.18.